The van der Waals surface area contributed by atoms with Gasteiger partial charge >= 0.3 is 0 Å². The van der Waals surface area contributed by atoms with Crippen molar-refractivity contribution in [3.05, 3.63) is 41.1 Å². The Labute approximate surface area is 95.1 Å². The summed E-state index contributed by atoms with van der Waals surface area (Å²) in [6, 6.07) is 8.52. The lowest BCUT2D eigenvalue weighted by Gasteiger charge is -2.04. The highest BCUT2D eigenvalue weighted by atomic mass is 79.9. The van der Waals surface area contributed by atoms with Crippen molar-refractivity contribution < 1.29 is 5.11 Å². The zero-order chi connectivity index (χ0) is 10.7. The van der Waals surface area contributed by atoms with Crippen LogP contribution in [0.5, 0.6) is 5.75 Å². The fourth-order valence-electron chi connectivity index (χ4n) is 1.11. The zero-order valence-corrected chi connectivity index (χ0v) is 9.27. The van der Waals surface area contributed by atoms with Crippen molar-refractivity contribution in [3.8, 4) is 5.75 Å². The van der Waals surface area contributed by atoms with Gasteiger partial charge in [-0.2, -0.15) is 0 Å². The normalized spacial score (nSPS) is 9.93. The molecular formula is C10H8BrN3O. The number of rotatable bonds is 2. The van der Waals surface area contributed by atoms with Crippen LogP contribution in [0.3, 0.4) is 0 Å². The Morgan fingerprint density at radius 2 is 2.13 bits per heavy atom. The fraction of sp³-hybridized carbons (Fsp3) is 0. The van der Waals surface area contributed by atoms with Crippen molar-refractivity contribution in [1.29, 1.82) is 0 Å². The number of hydrogen-bond acceptors (Lipinski definition) is 4. The summed E-state index contributed by atoms with van der Waals surface area (Å²) >= 11 is 3.25. The Balaban J connectivity index is 2.22. The number of halogens is 1. The van der Waals surface area contributed by atoms with Crippen molar-refractivity contribution in [1.82, 2.24) is 9.97 Å². The van der Waals surface area contributed by atoms with Gasteiger partial charge in [0.25, 0.3) is 0 Å². The number of phenols is 1. The van der Waals surface area contributed by atoms with E-state index in [0.29, 0.717) is 10.6 Å². The molecule has 0 saturated carbocycles. The predicted molar refractivity (Wildman–Crippen MR) is 61.1 cm³/mol. The summed E-state index contributed by atoms with van der Waals surface area (Å²) in [7, 11) is 0. The van der Waals surface area contributed by atoms with Crippen LogP contribution in [-0.2, 0) is 0 Å². The van der Waals surface area contributed by atoms with E-state index in [-0.39, 0.29) is 5.75 Å². The molecule has 2 rings (SSSR count). The lowest BCUT2D eigenvalue weighted by atomic mass is 10.3. The summed E-state index contributed by atoms with van der Waals surface area (Å²) in [5, 5.41) is 12.2. The third-order valence-electron chi connectivity index (χ3n) is 1.72. The van der Waals surface area contributed by atoms with E-state index in [4.69, 9.17) is 0 Å². The average Bonchev–Trinajstić information content (AvgIpc) is 2.17. The van der Waals surface area contributed by atoms with Crippen LogP contribution >= 0.6 is 15.9 Å². The summed E-state index contributed by atoms with van der Waals surface area (Å²) in [5.74, 6) is 0.685. The summed E-state index contributed by atoms with van der Waals surface area (Å²) in [6.45, 7) is 0. The third-order valence-corrected chi connectivity index (χ3v) is 2.17. The molecule has 0 aliphatic rings. The van der Waals surface area contributed by atoms with Crippen LogP contribution in [0.2, 0.25) is 0 Å². The van der Waals surface area contributed by atoms with E-state index in [9.17, 15) is 5.11 Å². The van der Waals surface area contributed by atoms with Crippen LogP contribution in [-0.4, -0.2) is 15.1 Å². The molecule has 0 aliphatic carbocycles. The number of nitrogens with one attached hydrogen (secondary N) is 1. The first kappa shape index (κ1) is 9.92. The Morgan fingerprint density at radius 3 is 2.87 bits per heavy atom. The zero-order valence-electron chi connectivity index (χ0n) is 7.68. The Bertz CT molecular complexity index is 432. The van der Waals surface area contributed by atoms with Crippen molar-refractivity contribution in [2.45, 2.75) is 0 Å². The highest BCUT2D eigenvalue weighted by Gasteiger charge is 1.98. The smallest absolute Gasteiger partial charge is 0.228 e. The topological polar surface area (TPSA) is 58.0 Å². The molecule has 0 fully saturated rings. The highest BCUT2D eigenvalue weighted by Crippen LogP contribution is 2.18. The van der Waals surface area contributed by atoms with Gasteiger partial charge in [0.15, 0.2) is 0 Å². The van der Waals surface area contributed by atoms with Crippen LogP contribution in [0, 0.1) is 0 Å². The minimum absolute atomic E-state index is 0.204. The van der Waals surface area contributed by atoms with Crippen LogP contribution in [0.15, 0.2) is 41.1 Å². The second kappa shape index (κ2) is 4.27. The molecule has 0 unspecified atom stereocenters. The molecule has 5 heteroatoms. The predicted octanol–water partition coefficient (Wildman–Crippen LogP) is 2.69. The maximum absolute atomic E-state index is 9.26. The average molecular weight is 266 g/mol. The minimum Gasteiger partial charge on any atom is -0.508 e. The summed E-state index contributed by atoms with van der Waals surface area (Å²) in [4.78, 5) is 8.14. The van der Waals surface area contributed by atoms with Crippen molar-refractivity contribution in [3.63, 3.8) is 0 Å². The fourth-order valence-corrected chi connectivity index (χ4v) is 1.40. The van der Waals surface area contributed by atoms with Gasteiger partial charge in [-0.3, -0.25) is 0 Å². The summed E-state index contributed by atoms with van der Waals surface area (Å²) in [6.07, 6.45) is 1.64. The Hall–Kier alpha value is -1.62. The second-order valence-corrected chi connectivity index (χ2v) is 3.69. The van der Waals surface area contributed by atoms with Crippen LogP contribution in [0.4, 0.5) is 11.6 Å². The number of benzene rings is 1. The maximum Gasteiger partial charge on any atom is 0.228 e. The molecule has 0 amide bonds. The molecule has 2 aromatic rings. The number of anilines is 2. The first-order chi connectivity index (χ1) is 7.24. The van der Waals surface area contributed by atoms with E-state index in [2.05, 4.69) is 31.2 Å². The van der Waals surface area contributed by atoms with E-state index >= 15 is 0 Å². The highest BCUT2D eigenvalue weighted by molar-refractivity contribution is 9.10. The van der Waals surface area contributed by atoms with Gasteiger partial charge in [-0.1, -0.05) is 6.07 Å². The number of nitrogens with zero attached hydrogens (tertiary/aromatic N) is 2. The van der Waals surface area contributed by atoms with Crippen LogP contribution < -0.4 is 5.32 Å². The molecular weight excluding hydrogens is 258 g/mol. The molecule has 4 nitrogen and oxygen atoms in total. The minimum atomic E-state index is 0.204. The molecule has 0 aliphatic heterocycles. The maximum atomic E-state index is 9.26. The van der Waals surface area contributed by atoms with E-state index < -0.39 is 0 Å². The van der Waals surface area contributed by atoms with Gasteiger partial charge in [-0.05, 0) is 34.1 Å². The molecule has 15 heavy (non-hydrogen) atoms. The monoisotopic (exact) mass is 265 g/mol. The molecule has 0 spiro atoms. The van der Waals surface area contributed by atoms with Gasteiger partial charge < -0.3 is 10.4 Å². The third kappa shape index (κ3) is 2.66. The molecule has 76 valence electrons. The molecule has 1 aromatic carbocycles. The van der Waals surface area contributed by atoms with Gasteiger partial charge in [-0.25, -0.2) is 9.97 Å². The molecule has 0 radical (unpaired) electrons. The molecule has 1 aromatic heterocycles. The van der Waals surface area contributed by atoms with Crippen LogP contribution in [0.25, 0.3) is 0 Å². The summed E-state index contributed by atoms with van der Waals surface area (Å²) < 4.78 is 0.708. The van der Waals surface area contributed by atoms with E-state index in [1.807, 2.05) is 6.07 Å². The first-order valence-electron chi connectivity index (χ1n) is 4.28. The first-order valence-corrected chi connectivity index (χ1v) is 5.08. The second-order valence-electron chi connectivity index (χ2n) is 2.88. The van der Waals surface area contributed by atoms with E-state index in [1.165, 1.54) is 0 Å². The largest absolute Gasteiger partial charge is 0.508 e. The van der Waals surface area contributed by atoms with Crippen molar-refractivity contribution >= 4 is 27.6 Å². The van der Waals surface area contributed by atoms with Crippen molar-refractivity contribution in [2.75, 3.05) is 5.32 Å². The Kier molecular flexibility index (Phi) is 2.82. The lowest BCUT2D eigenvalue weighted by Crippen LogP contribution is -1.95. The van der Waals surface area contributed by atoms with Gasteiger partial charge in [0.2, 0.25) is 5.95 Å². The van der Waals surface area contributed by atoms with E-state index in [1.54, 1.807) is 30.5 Å². The molecule has 0 atom stereocenters. The SMILES string of the molecule is Oc1cccc(Nc2nccc(Br)n2)c1. The standard InChI is InChI=1S/C10H8BrN3O/c11-9-4-5-12-10(14-9)13-7-2-1-3-8(15)6-7/h1-6,15H,(H,12,13,14). The van der Waals surface area contributed by atoms with Gasteiger partial charge in [0, 0.05) is 18.0 Å². The molecule has 0 saturated heterocycles. The van der Waals surface area contributed by atoms with Gasteiger partial charge in [0.05, 0.1) is 0 Å². The van der Waals surface area contributed by atoms with E-state index in [0.717, 1.165) is 5.69 Å². The quantitative estimate of drug-likeness (QED) is 0.820. The van der Waals surface area contributed by atoms with Crippen molar-refractivity contribution in [2.24, 2.45) is 0 Å². The number of phenolic OH excluding ortho intramolecular Hbond substituents is 1. The Morgan fingerprint density at radius 1 is 1.27 bits per heavy atom. The number of aromatic hydroxyl groups is 1. The van der Waals surface area contributed by atoms with Gasteiger partial charge in [0.1, 0.15) is 10.4 Å². The summed E-state index contributed by atoms with van der Waals surface area (Å²) in [5.41, 5.74) is 0.744. The number of aromatic nitrogens is 2. The number of hydrogen-bond donors (Lipinski definition) is 2. The molecule has 2 N–H and O–H groups in total. The molecule has 1 heterocycles. The van der Waals surface area contributed by atoms with Crippen LogP contribution in [0.1, 0.15) is 0 Å². The molecule has 0 bridgehead atoms. The van der Waals surface area contributed by atoms with Gasteiger partial charge in [-0.15, -0.1) is 0 Å². The lowest BCUT2D eigenvalue weighted by molar-refractivity contribution is 0.475.